The molecule has 3 aromatic carbocycles. The van der Waals surface area contributed by atoms with E-state index >= 15 is 0 Å². The third-order valence-electron chi connectivity index (χ3n) is 6.44. The van der Waals surface area contributed by atoms with Crippen LogP contribution < -0.4 is 19.1 Å². The van der Waals surface area contributed by atoms with Gasteiger partial charge in [0.25, 0.3) is 5.91 Å². The second kappa shape index (κ2) is 11.0. The lowest BCUT2D eigenvalue weighted by Crippen LogP contribution is -2.31. The van der Waals surface area contributed by atoms with Gasteiger partial charge in [0.1, 0.15) is 29.6 Å². The van der Waals surface area contributed by atoms with Gasteiger partial charge in [0.15, 0.2) is 5.11 Å². The number of amides is 1. The molecule has 1 saturated heterocycles. The molecular formula is C30H29N3O4S. The summed E-state index contributed by atoms with van der Waals surface area (Å²) in [4.78, 5) is 16.8. The van der Waals surface area contributed by atoms with Crippen LogP contribution in [-0.2, 0) is 11.3 Å². The third-order valence-corrected chi connectivity index (χ3v) is 6.90. The predicted molar refractivity (Wildman–Crippen MR) is 154 cm³/mol. The molecule has 4 aromatic rings. The van der Waals surface area contributed by atoms with Crippen molar-refractivity contribution in [3.8, 4) is 17.2 Å². The zero-order valence-corrected chi connectivity index (χ0v) is 22.4. The number of ether oxygens (including phenoxy) is 3. The number of rotatable bonds is 9. The van der Waals surface area contributed by atoms with Gasteiger partial charge >= 0.3 is 0 Å². The fourth-order valence-corrected chi connectivity index (χ4v) is 4.79. The Labute approximate surface area is 227 Å². The molecule has 0 bridgehead atoms. The maximum Gasteiger partial charge on any atom is 0.281 e. The van der Waals surface area contributed by atoms with Crippen LogP contribution in [0.15, 0.2) is 84.7 Å². The molecule has 1 aliphatic rings. The molecule has 194 valence electrons. The number of carbonyl (C=O) groups is 1. The molecule has 0 aliphatic carbocycles. The number of benzene rings is 3. The Morgan fingerprint density at radius 3 is 2.26 bits per heavy atom. The zero-order valence-electron chi connectivity index (χ0n) is 21.6. The molecule has 0 radical (unpaired) electrons. The van der Waals surface area contributed by atoms with E-state index in [1.807, 2.05) is 80.7 Å². The lowest BCUT2D eigenvalue weighted by molar-refractivity contribution is -0.114. The van der Waals surface area contributed by atoms with Gasteiger partial charge in [-0.05, 0) is 79.8 Å². The van der Waals surface area contributed by atoms with Gasteiger partial charge in [-0.1, -0.05) is 18.2 Å². The van der Waals surface area contributed by atoms with Crippen LogP contribution in [0, 0.1) is 0 Å². The van der Waals surface area contributed by atoms with E-state index in [1.165, 1.54) is 0 Å². The molecular weight excluding hydrogens is 498 g/mol. The van der Waals surface area contributed by atoms with Gasteiger partial charge in [0.05, 0.1) is 25.9 Å². The molecule has 0 spiro atoms. The number of para-hydroxylation sites is 1. The molecule has 1 aliphatic heterocycles. The van der Waals surface area contributed by atoms with Crippen LogP contribution in [0.3, 0.4) is 0 Å². The minimum Gasteiger partial charge on any atom is -0.497 e. The molecule has 1 aromatic heterocycles. The fourth-order valence-electron chi connectivity index (χ4n) is 4.50. The van der Waals surface area contributed by atoms with Gasteiger partial charge in [-0.3, -0.25) is 9.69 Å². The first-order chi connectivity index (χ1) is 18.5. The highest BCUT2D eigenvalue weighted by molar-refractivity contribution is 7.80. The molecule has 0 unspecified atom stereocenters. The van der Waals surface area contributed by atoms with Crippen LogP contribution in [0.4, 0.5) is 5.69 Å². The average Bonchev–Trinajstić information content (AvgIpc) is 3.39. The Morgan fingerprint density at radius 2 is 1.55 bits per heavy atom. The van der Waals surface area contributed by atoms with Gasteiger partial charge < -0.3 is 23.7 Å². The van der Waals surface area contributed by atoms with E-state index in [-0.39, 0.29) is 5.91 Å². The normalized spacial score (nSPS) is 14.6. The number of anilines is 1. The van der Waals surface area contributed by atoms with Gasteiger partial charge in [-0.2, -0.15) is 0 Å². The van der Waals surface area contributed by atoms with Crippen molar-refractivity contribution in [1.82, 2.24) is 9.47 Å². The van der Waals surface area contributed by atoms with Crippen molar-refractivity contribution in [2.75, 3.05) is 32.3 Å². The van der Waals surface area contributed by atoms with E-state index in [9.17, 15) is 4.79 Å². The molecule has 1 fully saturated rings. The Kier molecular flexibility index (Phi) is 7.33. The minimum atomic E-state index is -0.165. The van der Waals surface area contributed by atoms with E-state index in [0.29, 0.717) is 36.3 Å². The molecule has 0 atom stereocenters. The Morgan fingerprint density at radius 1 is 0.895 bits per heavy atom. The predicted octanol–water partition coefficient (Wildman–Crippen LogP) is 5.73. The maximum atomic E-state index is 13.5. The van der Waals surface area contributed by atoms with Crippen LogP contribution in [-0.4, -0.2) is 47.9 Å². The second-order valence-corrected chi connectivity index (χ2v) is 9.12. The highest BCUT2D eigenvalue weighted by Gasteiger charge is 2.37. The minimum absolute atomic E-state index is 0.165. The molecule has 2 heterocycles. The van der Waals surface area contributed by atoms with Crippen LogP contribution >= 0.6 is 12.2 Å². The van der Waals surface area contributed by atoms with Crippen molar-refractivity contribution in [1.29, 1.82) is 0 Å². The largest absolute Gasteiger partial charge is 0.497 e. The number of likely N-dealkylation sites (N-methyl/N-ethyl adjacent to an activating group) is 1. The van der Waals surface area contributed by atoms with Gasteiger partial charge in [0, 0.05) is 29.7 Å². The number of carbonyl (C=O) groups excluding carboxylic acids is 1. The van der Waals surface area contributed by atoms with Crippen molar-refractivity contribution in [3.05, 3.63) is 90.3 Å². The van der Waals surface area contributed by atoms with Crippen molar-refractivity contribution in [2.45, 2.75) is 13.5 Å². The summed E-state index contributed by atoms with van der Waals surface area (Å²) >= 11 is 5.65. The van der Waals surface area contributed by atoms with Gasteiger partial charge in [0.2, 0.25) is 0 Å². The maximum absolute atomic E-state index is 13.5. The third kappa shape index (κ3) is 4.95. The summed E-state index contributed by atoms with van der Waals surface area (Å²) in [6.45, 7) is 3.66. The summed E-state index contributed by atoms with van der Waals surface area (Å²) < 4.78 is 18.8. The lowest BCUT2D eigenvalue weighted by atomic mass is 10.1. The van der Waals surface area contributed by atoms with E-state index < -0.39 is 0 Å². The van der Waals surface area contributed by atoms with Crippen molar-refractivity contribution >= 4 is 45.9 Å². The molecule has 1 amide bonds. The van der Waals surface area contributed by atoms with Crippen LogP contribution in [0.2, 0.25) is 0 Å². The molecule has 38 heavy (non-hydrogen) atoms. The van der Waals surface area contributed by atoms with E-state index in [1.54, 1.807) is 16.9 Å². The Hall–Kier alpha value is -4.30. The number of aromatic nitrogens is 1. The first-order valence-electron chi connectivity index (χ1n) is 12.4. The summed E-state index contributed by atoms with van der Waals surface area (Å²) in [5.41, 5.74) is 3.23. The highest BCUT2D eigenvalue weighted by Crippen LogP contribution is 2.31. The van der Waals surface area contributed by atoms with E-state index in [4.69, 9.17) is 26.4 Å². The Balaban J connectivity index is 1.38. The van der Waals surface area contributed by atoms with Crippen molar-refractivity contribution < 1.29 is 19.0 Å². The standard InChI is InChI=1S/C30H29N3O4S/c1-4-36-24-11-9-22(10-12-24)33-29(34)28(31(2)30(33)38)19-21-20-32(27-8-6-5-7-26(21)27)17-18-37-25-15-13-23(35-3)14-16-25/h5-16,19-20H,4,17-18H2,1-3H3/b28-19-. The average molecular weight is 528 g/mol. The molecule has 5 rings (SSSR count). The lowest BCUT2D eigenvalue weighted by Gasteiger charge is -2.16. The fraction of sp³-hybridized carbons (Fsp3) is 0.200. The van der Waals surface area contributed by atoms with Gasteiger partial charge in [-0.15, -0.1) is 0 Å². The highest BCUT2D eigenvalue weighted by atomic mass is 32.1. The van der Waals surface area contributed by atoms with E-state index in [0.717, 1.165) is 33.7 Å². The summed E-state index contributed by atoms with van der Waals surface area (Å²) in [6, 6.07) is 23.1. The first kappa shape index (κ1) is 25.4. The smallest absolute Gasteiger partial charge is 0.281 e. The second-order valence-electron chi connectivity index (χ2n) is 8.76. The van der Waals surface area contributed by atoms with Crippen molar-refractivity contribution in [2.24, 2.45) is 0 Å². The Bertz CT molecular complexity index is 1490. The van der Waals surface area contributed by atoms with Crippen LogP contribution in [0.1, 0.15) is 12.5 Å². The summed E-state index contributed by atoms with van der Waals surface area (Å²) in [5, 5.41) is 1.48. The van der Waals surface area contributed by atoms with Gasteiger partial charge in [-0.25, -0.2) is 0 Å². The van der Waals surface area contributed by atoms with E-state index in [2.05, 4.69) is 22.9 Å². The number of thiocarbonyl (C=S) groups is 1. The number of hydrogen-bond acceptors (Lipinski definition) is 5. The zero-order chi connectivity index (χ0) is 26.6. The number of fused-ring (bicyclic) bond motifs is 1. The summed E-state index contributed by atoms with van der Waals surface area (Å²) in [5.74, 6) is 2.16. The number of hydrogen-bond donors (Lipinski definition) is 0. The first-order valence-corrected chi connectivity index (χ1v) is 12.8. The number of methoxy groups -OCH3 is 1. The van der Waals surface area contributed by atoms with Crippen LogP contribution in [0.5, 0.6) is 17.2 Å². The molecule has 0 N–H and O–H groups in total. The number of nitrogens with zero attached hydrogens (tertiary/aromatic N) is 3. The van der Waals surface area contributed by atoms with Crippen LogP contribution in [0.25, 0.3) is 17.0 Å². The quantitative estimate of drug-likeness (QED) is 0.205. The monoisotopic (exact) mass is 527 g/mol. The summed E-state index contributed by atoms with van der Waals surface area (Å²) in [6.07, 6.45) is 3.96. The summed E-state index contributed by atoms with van der Waals surface area (Å²) in [7, 11) is 3.46. The molecule has 0 saturated carbocycles. The van der Waals surface area contributed by atoms with Crippen molar-refractivity contribution in [3.63, 3.8) is 0 Å². The topological polar surface area (TPSA) is 56.2 Å². The molecule has 7 nitrogen and oxygen atoms in total. The SMILES string of the molecule is CCOc1ccc(N2C(=O)/C(=C/c3cn(CCOc4ccc(OC)cc4)c4ccccc34)N(C)C2=S)cc1. The molecule has 8 heteroatoms.